The first-order chi connectivity index (χ1) is 16.2. The smallest absolute Gasteiger partial charge is 0.417 e. The second-order valence-corrected chi connectivity index (χ2v) is 7.84. The Bertz CT molecular complexity index is 1280. The molecule has 0 saturated carbocycles. The van der Waals surface area contributed by atoms with Crippen LogP contribution in [-0.4, -0.2) is 46.4 Å². The predicted molar refractivity (Wildman–Crippen MR) is 119 cm³/mol. The Kier molecular flexibility index (Phi) is 6.43. The zero-order valence-corrected chi connectivity index (χ0v) is 18.5. The fourth-order valence-electron chi connectivity index (χ4n) is 4.00. The van der Waals surface area contributed by atoms with Crippen LogP contribution in [0.3, 0.4) is 0 Å². The molecule has 0 spiro atoms. The van der Waals surface area contributed by atoms with E-state index in [1.807, 2.05) is 11.8 Å². The zero-order chi connectivity index (χ0) is 24.5. The molecule has 1 saturated heterocycles. The summed E-state index contributed by atoms with van der Waals surface area (Å²) in [5, 5.41) is 0. The lowest BCUT2D eigenvalue weighted by Crippen LogP contribution is -2.50. The van der Waals surface area contributed by atoms with Crippen LogP contribution in [0.4, 0.5) is 24.7 Å². The summed E-state index contributed by atoms with van der Waals surface area (Å²) in [6.07, 6.45) is -4.11. The lowest BCUT2D eigenvalue weighted by Gasteiger charge is -2.39. The summed E-state index contributed by atoms with van der Waals surface area (Å²) in [4.78, 5) is 26.1. The summed E-state index contributed by atoms with van der Waals surface area (Å²) in [6, 6.07) is 6.89. The fourth-order valence-corrected chi connectivity index (χ4v) is 4.00. The van der Waals surface area contributed by atoms with E-state index in [4.69, 9.17) is 16.0 Å². The fraction of sp³-hybridized carbons (Fsp3) is 0.391. The van der Waals surface area contributed by atoms with E-state index in [-0.39, 0.29) is 17.3 Å². The molecule has 0 unspecified atom stereocenters. The minimum atomic E-state index is -4.47. The Labute approximate surface area is 193 Å². The van der Waals surface area contributed by atoms with Gasteiger partial charge in [-0.3, -0.25) is 4.79 Å². The van der Waals surface area contributed by atoms with Gasteiger partial charge in [0.2, 0.25) is 11.4 Å². The molecule has 1 aliphatic rings. The van der Waals surface area contributed by atoms with E-state index in [1.54, 1.807) is 19.2 Å². The number of anilines is 1. The van der Waals surface area contributed by atoms with E-state index in [0.29, 0.717) is 42.8 Å². The van der Waals surface area contributed by atoms with Crippen LogP contribution in [0.25, 0.3) is 15.9 Å². The van der Waals surface area contributed by atoms with Gasteiger partial charge in [-0.1, -0.05) is 6.57 Å². The SMILES string of the molecule is [C-]#[N+]c1ccc2c(n1)c(N1CC[C@H](Oc3ccc(C(F)(F)F)cn3)[C@@H](OCC)C1)cc(=O)n2C. The van der Waals surface area contributed by atoms with E-state index in [2.05, 4.69) is 14.8 Å². The van der Waals surface area contributed by atoms with Crippen LogP contribution in [-0.2, 0) is 18.0 Å². The summed E-state index contributed by atoms with van der Waals surface area (Å²) in [7, 11) is 1.65. The molecule has 11 heteroatoms. The molecule has 3 aromatic heterocycles. The third kappa shape index (κ3) is 4.68. The van der Waals surface area contributed by atoms with Gasteiger partial charge in [0, 0.05) is 51.5 Å². The number of pyridine rings is 3. The average Bonchev–Trinajstić information content (AvgIpc) is 2.82. The van der Waals surface area contributed by atoms with Gasteiger partial charge in [0.15, 0.2) is 0 Å². The lowest BCUT2D eigenvalue weighted by molar-refractivity contribution is -0.137. The van der Waals surface area contributed by atoms with Crippen molar-refractivity contribution in [2.75, 3.05) is 24.6 Å². The van der Waals surface area contributed by atoms with Crippen LogP contribution in [0.2, 0.25) is 0 Å². The minimum Gasteiger partial charge on any atom is -0.471 e. The van der Waals surface area contributed by atoms with E-state index >= 15 is 0 Å². The number of fused-ring (bicyclic) bond motifs is 1. The molecule has 0 bridgehead atoms. The van der Waals surface area contributed by atoms with Gasteiger partial charge >= 0.3 is 6.18 Å². The normalized spacial score (nSPS) is 18.6. The van der Waals surface area contributed by atoms with Crippen LogP contribution in [0, 0.1) is 6.57 Å². The number of ether oxygens (including phenoxy) is 2. The van der Waals surface area contributed by atoms with Crippen molar-refractivity contribution >= 4 is 22.5 Å². The van der Waals surface area contributed by atoms with Gasteiger partial charge in [-0.15, -0.1) is 4.98 Å². The lowest BCUT2D eigenvalue weighted by atomic mass is 10.0. The Balaban J connectivity index is 1.60. The first-order valence-electron chi connectivity index (χ1n) is 10.7. The van der Waals surface area contributed by atoms with Gasteiger partial charge < -0.3 is 23.8 Å². The first-order valence-corrected chi connectivity index (χ1v) is 10.7. The number of nitrogens with zero attached hydrogens (tertiary/aromatic N) is 5. The van der Waals surface area contributed by atoms with Crippen molar-refractivity contribution < 1.29 is 22.6 Å². The van der Waals surface area contributed by atoms with Crippen LogP contribution in [0.1, 0.15) is 18.9 Å². The third-order valence-electron chi connectivity index (χ3n) is 5.72. The van der Waals surface area contributed by atoms with Gasteiger partial charge in [0.25, 0.3) is 11.4 Å². The quantitative estimate of drug-likeness (QED) is 0.523. The van der Waals surface area contributed by atoms with E-state index in [1.165, 1.54) is 16.7 Å². The van der Waals surface area contributed by atoms with Gasteiger partial charge in [-0.05, 0) is 25.1 Å². The maximum Gasteiger partial charge on any atom is 0.417 e. The molecule has 34 heavy (non-hydrogen) atoms. The summed E-state index contributed by atoms with van der Waals surface area (Å²) >= 11 is 0. The highest BCUT2D eigenvalue weighted by molar-refractivity contribution is 5.89. The predicted octanol–water partition coefficient (Wildman–Crippen LogP) is 3.96. The second kappa shape index (κ2) is 9.30. The van der Waals surface area contributed by atoms with Gasteiger partial charge in [-0.25, -0.2) is 4.98 Å². The molecule has 1 aliphatic heterocycles. The van der Waals surface area contributed by atoms with Gasteiger partial charge in [0.05, 0.1) is 16.8 Å². The molecule has 0 aromatic carbocycles. The second-order valence-electron chi connectivity index (χ2n) is 7.84. The topological polar surface area (TPSA) is 73.8 Å². The van der Waals surface area contributed by atoms with Crippen LogP contribution in [0.15, 0.2) is 41.3 Å². The monoisotopic (exact) mass is 473 g/mol. The third-order valence-corrected chi connectivity index (χ3v) is 5.72. The number of aromatic nitrogens is 3. The molecule has 4 heterocycles. The highest BCUT2D eigenvalue weighted by Gasteiger charge is 2.34. The number of rotatable bonds is 5. The molecule has 0 radical (unpaired) electrons. The Morgan fingerprint density at radius 1 is 1.24 bits per heavy atom. The molecule has 1 fully saturated rings. The molecule has 0 amide bonds. The van der Waals surface area contributed by atoms with Gasteiger partial charge in [-0.2, -0.15) is 13.2 Å². The number of hydrogen-bond donors (Lipinski definition) is 0. The van der Waals surface area contributed by atoms with E-state index < -0.39 is 23.9 Å². The van der Waals surface area contributed by atoms with E-state index in [0.717, 1.165) is 12.3 Å². The number of hydrogen-bond acceptors (Lipinski definition) is 6. The first kappa shape index (κ1) is 23.5. The molecule has 2 atom stereocenters. The number of alkyl halides is 3. The average molecular weight is 473 g/mol. The highest BCUT2D eigenvalue weighted by Crippen LogP contribution is 2.31. The Morgan fingerprint density at radius 3 is 2.68 bits per heavy atom. The number of halogens is 3. The molecule has 8 nitrogen and oxygen atoms in total. The molecule has 178 valence electrons. The minimum absolute atomic E-state index is 0.0820. The molecule has 3 aromatic rings. The number of piperidine rings is 1. The highest BCUT2D eigenvalue weighted by atomic mass is 19.4. The van der Waals surface area contributed by atoms with Crippen molar-refractivity contribution in [3.05, 3.63) is 63.9 Å². The molecule has 0 N–H and O–H groups in total. The Morgan fingerprint density at radius 2 is 2.03 bits per heavy atom. The van der Waals surface area contributed by atoms with Crippen molar-refractivity contribution in [1.82, 2.24) is 14.5 Å². The van der Waals surface area contributed by atoms with Crippen molar-refractivity contribution in [3.63, 3.8) is 0 Å². The van der Waals surface area contributed by atoms with Crippen LogP contribution in [0.5, 0.6) is 5.88 Å². The van der Waals surface area contributed by atoms with Crippen molar-refractivity contribution in [2.24, 2.45) is 7.05 Å². The van der Waals surface area contributed by atoms with Crippen molar-refractivity contribution in [1.29, 1.82) is 0 Å². The summed E-state index contributed by atoms with van der Waals surface area (Å²) < 4.78 is 51.7. The summed E-state index contributed by atoms with van der Waals surface area (Å²) in [6.45, 7) is 10.4. The molecule has 0 aliphatic carbocycles. The Hall–Kier alpha value is -3.65. The van der Waals surface area contributed by atoms with Crippen molar-refractivity contribution in [3.8, 4) is 5.88 Å². The zero-order valence-electron chi connectivity index (χ0n) is 18.5. The van der Waals surface area contributed by atoms with Crippen molar-refractivity contribution in [2.45, 2.75) is 31.7 Å². The van der Waals surface area contributed by atoms with E-state index in [9.17, 15) is 18.0 Å². The number of aryl methyl sites for hydroxylation is 1. The van der Waals surface area contributed by atoms with Gasteiger partial charge in [0.1, 0.15) is 12.2 Å². The van der Waals surface area contributed by atoms with Crippen LogP contribution >= 0.6 is 0 Å². The largest absolute Gasteiger partial charge is 0.471 e. The summed E-state index contributed by atoms with van der Waals surface area (Å²) in [5.74, 6) is 0.305. The maximum atomic E-state index is 12.8. The summed E-state index contributed by atoms with van der Waals surface area (Å²) in [5.41, 5.74) is 0.684. The molecular formula is C23H22F3N5O3. The molecular weight excluding hydrogens is 451 g/mol. The van der Waals surface area contributed by atoms with Crippen LogP contribution < -0.4 is 15.2 Å². The maximum absolute atomic E-state index is 12.8. The molecule has 4 rings (SSSR count). The standard InChI is InChI=1S/C23H22F3N5O3/c1-4-33-18-13-31(10-9-17(18)34-20-8-5-14(12-28-20)23(24,25)26)16-11-21(32)30(3)15-6-7-19(27-2)29-22(15)16/h5-8,11-12,17-18H,4,9-10,13H2,1,3H3/t17-,18-/m0/s1.